The molecule has 0 saturated carbocycles. The second-order valence-corrected chi connectivity index (χ2v) is 4.38. The quantitative estimate of drug-likeness (QED) is 0.178. The van der Waals surface area contributed by atoms with Crippen molar-refractivity contribution < 1.29 is 39.5 Å². The zero-order valence-corrected chi connectivity index (χ0v) is 11.4. The third-order valence-corrected chi connectivity index (χ3v) is 2.67. The molecule has 122 valence electrons. The molecular weight excluding hydrogens is 288 g/mol. The van der Waals surface area contributed by atoms with Crippen molar-refractivity contribution in [2.24, 2.45) is 11.5 Å². The molecule has 0 radical (unpaired) electrons. The summed E-state index contributed by atoms with van der Waals surface area (Å²) in [6.07, 6.45) is -5.50. The van der Waals surface area contributed by atoms with Crippen molar-refractivity contribution in [3.63, 3.8) is 0 Å². The van der Waals surface area contributed by atoms with Crippen LogP contribution in [-0.4, -0.2) is 81.6 Å². The van der Waals surface area contributed by atoms with E-state index >= 15 is 0 Å². The summed E-state index contributed by atoms with van der Waals surface area (Å²) >= 11 is 0. The molecule has 0 aliphatic heterocycles. The molecule has 0 amide bonds. The van der Waals surface area contributed by atoms with Crippen LogP contribution in [0.2, 0.25) is 0 Å². The highest BCUT2D eigenvalue weighted by Crippen LogP contribution is 2.11. The van der Waals surface area contributed by atoms with Crippen LogP contribution in [0.5, 0.6) is 0 Å². The summed E-state index contributed by atoms with van der Waals surface area (Å²) in [5, 5.41) is 36.6. The molecule has 21 heavy (non-hydrogen) atoms. The van der Waals surface area contributed by atoms with E-state index in [1.165, 1.54) is 0 Å². The number of hydrogen-bond donors (Lipinski definition) is 6. The first-order chi connectivity index (χ1) is 9.67. The van der Waals surface area contributed by atoms with Gasteiger partial charge in [0, 0.05) is 6.92 Å². The average Bonchev–Trinajstić information content (AvgIpc) is 2.48. The molecule has 0 aliphatic rings. The number of ether oxygens (including phenoxy) is 1. The van der Waals surface area contributed by atoms with E-state index in [9.17, 15) is 24.6 Å². The van der Waals surface area contributed by atoms with Crippen LogP contribution in [-0.2, 0) is 19.1 Å². The number of ketones is 2. The third-order valence-electron chi connectivity index (χ3n) is 2.67. The highest BCUT2D eigenvalue weighted by atomic mass is 16.6. The fourth-order valence-corrected chi connectivity index (χ4v) is 1.36. The van der Waals surface area contributed by atoms with Crippen LogP contribution >= 0.6 is 0 Å². The minimum atomic E-state index is -1.93. The maximum absolute atomic E-state index is 11.5. The molecule has 0 aromatic carbocycles. The van der Waals surface area contributed by atoms with Crippen molar-refractivity contribution in [1.29, 1.82) is 0 Å². The molecule has 0 spiro atoms. The third kappa shape index (κ3) is 5.46. The molecule has 0 fully saturated rings. The van der Waals surface area contributed by atoms with Crippen LogP contribution in [0.25, 0.3) is 0 Å². The maximum Gasteiger partial charge on any atom is 0.325 e. The van der Waals surface area contributed by atoms with Gasteiger partial charge in [-0.15, -0.1) is 0 Å². The van der Waals surface area contributed by atoms with Crippen LogP contribution in [0.4, 0.5) is 0 Å². The van der Waals surface area contributed by atoms with Crippen molar-refractivity contribution in [3.05, 3.63) is 0 Å². The molecule has 0 unspecified atom stereocenters. The number of rotatable bonds is 9. The van der Waals surface area contributed by atoms with Gasteiger partial charge in [0.15, 0.2) is 11.9 Å². The fraction of sp³-hybridized carbons (Fsp3) is 0.727. The molecule has 5 atom stereocenters. The lowest BCUT2D eigenvalue weighted by Crippen LogP contribution is -2.57. The van der Waals surface area contributed by atoms with Crippen LogP contribution in [0.15, 0.2) is 0 Å². The number of aliphatic hydroxyl groups excluding tert-OH is 4. The number of Topliss-reactive ketones (excluding diaryl/α,β-unsaturated/α-hetero) is 2. The van der Waals surface area contributed by atoms with Crippen molar-refractivity contribution in [3.8, 4) is 0 Å². The Bertz CT molecular complexity index is 388. The van der Waals surface area contributed by atoms with E-state index in [0.717, 1.165) is 6.92 Å². The smallest absolute Gasteiger partial charge is 0.325 e. The molecule has 0 aromatic heterocycles. The van der Waals surface area contributed by atoms with Gasteiger partial charge in [-0.3, -0.25) is 14.4 Å². The number of nitrogens with two attached hydrogens (primary N) is 2. The molecule has 0 saturated heterocycles. The van der Waals surface area contributed by atoms with Gasteiger partial charge in [-0.1, -0.05) is 0 Å². The first-order valence-electron chi connectivity index (χ1n) is 6.01. The minimum Gasteiger partial charge on any atom is -0.456 e. The average molecular weight is 308 g/mol. The Morgan fingerprint density at radius 3 is 2.00 bits per heavy atom. The van der Waals surface area contributed by atoms with E-state index in [4.69, 9.17) is 21.7 Å². The number of carbonyl (C=O) groups excluding carboxylic acids is 3. The summed E-state index contributed by atoms with van der Waals surface area (Å²) < 4.78 is 4.68. The van der Waals surface area contributed by atoms with E-state index in [1.54, 1.807) is 0 Å². The Balaban J connectivity index is 5.23. The first kappa shape index (κ1) is 19.6. The van der Waals surface area contributed by atoms with Crippen molar-refractivity contribution in [2.75, 3.05) is 13.2 Å². The number of aliphatic hydroxyl groups is 4. The second kappa shape index (κ2) is 8.77. The van der Waals surface area contributed by atoms with Crippen molar-refractivity contribution in [1.82, 2.24) is 0 Å². The van der Waals surface area contributed by atoms with Gasteiger partial charge in [0.25, 0.3) is 0 Å². The molecule has 10 heteroatoms. The zero-order chi connectivity index (χ0) is 16.7. The lowest BCUT2D eigenvalue weighted by molar-refractivity contribution is -0.168. The Morgan fingerprint density at radius 2 is 1.62 bits per heavy atom. The van der Waals surface area contributed by atoms with Crippen LogP contribution in [0, 0.1) is 0 Å². The molecule has 0 aliphatic carbocycles. The van der Waals surface area contributed by atoms with Gasteiger partial charge in [0.05, 0.1) is 13.2 Å². The van der Waals surface area contributed by atoms with E-state index in [0.29, 0.717) is 0 Å². The van der Waals surface area contributed by atoms with Crippen molar-refractivity contribution in [2.45, 2.75) is 37.3 Å². The van der Waals surface area contributed by atoms with E-state index in [-0.39, 0.29) is 0 Å². The van der Waals surface area contributed by atoms with Crippen LogP contribution in [0.3, 0.4) is 0 Å². The predicted molar refractivity (Wildman–Crippen MR) is 67.7 cm³/mol. The maximum atomic E-state index is 11.5. The molecular formula is C11H20N2O8. The van der Waals surface area contributed by atoms with Crippen molar-refractivity contribution >= 4 is 17.5 Å². The molecule has 8 N–H and O–H groups in total. The minimum absolute atomic E-state index is 0.764. The molecule has 10 nitrogen and oxygen atoms in total. The summed E-state index contributed by atoms with van der Waals surface area (Å²) in [7, 11) is 0. The Labute approximate surface area is 120 Å². The lowest BCUT2D eigenvalue weighted by Gasteiger charge is -2.29. The zero-order valence-electron chi connectivity index (χ0n) is 11.4. The first-order valence-corrected chi connectivity index (χ1v) is 6.01. The van der Waals surface area contributed by atoms with Gasteiger partial charge in [-0.2, -0.15) is 0 Å². The molecule has 0 rings (SSSR count). The fourth-order valence-electron chi connectivity index (χ4n) is 1.36. The summed E-state index contributed by atoms with van der Waals surface area (Å²) in [4.78, 5) is 34.0. The Hall–Kier alpha value is -1.43. The van der Waals surface area contributed by atoms with E-state index < -0.39 is 61.1 Å². The van der Waals surface area contributed by atoms with Gasteiger partial charge in [0.2, 0.25) is 5.78 Å². The largest absolute Gasteiger partial charge is 0.456 e. The molecule has 0 heterocycles. The van der Waals surface area contributed by atoms with E-state index in [1.807, 2.05) is 0 Å². The van der Waals surface area contributed by atoms with Gasteiger partial charge in [-0.05, 0) is 0 Å². The highest BCUT2D eigenvalue weighted by molar-refractivity contribution is 6.38. The monoisotopic (exact) mass is 308 g/mol. The summed E-state index contributed by atoms with van der Waals surface area (Å²) in [5.74, 6) is -3.28. The normalized spacial score (nSPS) is 18.2. The summed E-state index contributed by atoms with van der Waals surface area (Å²) in [5.41, 5.74) is 10.6. The molecule has 0 bridgehead atoms. The number of hydrogen-bond acceptors (Lipinski definition) is 10. The SMILES string of the molecule is CC(=O)C(=O)[C@H](N)[C@@H](OC(=O)[C@@H](N)CO)[C@H](O)[C@H](O)CO. The number of carbonyl (C=O) groups is 3. The number of esters is 1. The predicted octanol–water partition coefficient (Wildman–Crippen LogP) is -4.58. The highest BCUT2D eigenvalue weighted by Gasteiger charge is 2.39. The van der Waals surface area contributed by atoms with Gasteiger partial charge >= 0.3 is 5.97 Å². The Kier molecular flexibility index (Phi) is 8.17. The van der Waals surface area contributed by atoms with Gasteiger partial charge in [-0.25, -0.2) is 0 Å². The standard InChI is InChI=1S/C11H20N2O8/c1-4(16)8(18)7(13)10(9(19)6(17)3-15)21-11(20)5(12)2-14/h5-7,9-10,14-15,17,19H,2-3,12-13H2,1H3/t5-,6+,7-,9+,10+/m0/s1. The van der Waals surface area contributed by atoms with Crippen LogP contribution < -0.4 is 11.5 Å². The molecule has 0 aromatic rings. The second-order valence-electron chi connectivity index (χ2n) is 4.38. The summed E-state index contributed by atoms with van der Waals surface area (Å²) in [6, 6.07) is -3.21. The summed E-state index contributed by atoms with van der Waals surface area (Å²) in [6.45, 7) is -0.738. The topological polar surface area (TPSA) is 193 Å². The van der Waals surface area contributed by atoms with Crippen LogP contribution in [0.1, 0.15) is 6.92 Å². The van der Waals surface area contributed by atoms with E-state index in [2.05, 4.69) is 4.74 Å². The Morgan fingerprint density at radius 1 is 1.10 bits per heavy atom. The van der Waals surface area contributed by atoms with Gasteiger partial charge < -0.3 is 36.6 Å². The van der Waals surface area contributed by atoms with Gasteiger partial charge in [0.1, 0.15) is 24.3 Å². The lowest BCUT2D eigenvalue weighted by atomic mass is 9.96.